The van der Waals surface area contributed by atoms with E-state index in [9.17, 15) is 4.79 Å². The lowest BCUT2D eigenvalue weighted by molar-refractivity contribution is -0.118. The molecule has 29 heavy (non-hydrogen) atoms. The lowest BCUT2D eigenvalue weighted by Crippen LogP contribution is -2.26. The van der Waals surface area contributed by atoms with Crippen LogP contribution in [0, 0.1) is 0 Å². The van der Waals surface area contributed by atoms with E-state index in [1.54, 1.807) is 11.3 Å². The molecular formula is C21H28N4O2S2. The van der Waals surface area contributed by atoms with Crippen molar-refractivity contribution in [2.45, 2.75) is 62.8 Å². The number of amides is 1. The van der Waals surface area contributed by atoms with Gasteiger partial charge in [-0.15, -0.1) is 21.5 Å². The maximum Gasteiger partial charge on any atom is 0.230 e. The van der Waals surface area contributed by atoms with Crippen LogP contribution in [0.5, 0.6) is 0 Å². The van der Waals surface area contributed by atoms with Crippen LogP contribution in [-0.2, 0) is 16.1 Å². The molecule has 1 atom stereocenters. The van der Waals surface area contributed by atoms with Gasteiger partial charge >= 0.3 is 0 Å². The zero-order valence-electron chi connectivity index (χ0n) is 16.6. The van der Waals surface area contributed by atoms with Crippen LogP contribution in [0.3, 0.4) is 0 Å². The quantitative estimate of drug-likeness (QED) is 0.473. The first-order valence-corrected chi connectivity index (χ1v) is 12.3. The van der Waals surface area contributed by atoms with Crippen molar-refractivity contribution < 1.29 is 9.53 Å². The number of hydrogen-bond acceptors (Lipinski definition) is 6. The average Bonchev–Trinajstić information content (AvgIpc) is 3.50. The SMILES string of the molecule is O=C(CSc1nnc(-c2cccs2)n1CC1CCCO1)NCCC1=CCCCC1. The van der Waals surface area contributed by atoms with Gasteiger partial charge in [0.15, 0.2) is 11.0 Å². The zero-order chi connectivity index (χ0) is 19.9. The number of aromatic nitrogens is 3. The molecule has 2 aromatic heterocycles. The first-order valence-electron chi connectivity index (χ1n) is 10.5. The summed E-state index contributed by atoms with van der Waals surface area (Å²) in [6.45, 7) is 2.27. The Labute approximate surface area is 180 Å². The molecule has 0 spiro atoms. The largest absolute Gasteiger partial charge is 0.376 e. The fraction of sp³-hybridized carbons (Fsp3) is 0.571. The summed E-state index contributed by atoms with van der Waals surface area (Å²) in [4.78, 5) is 13.4. The molecule has 3 heterocycles. The summed E-state index contributed by atoms with van der Waals surface area (Å²) in [5, 5.41) is 14.7. The van der Waals surface area contributed by atoms with Gasteiger partial charge in [-0.3, -0.25) is 9.36 Å². The Kier molecular flexibility index (Phi) is 7.40. The van der Waals surface area contributed by atoms with Gasteiger partial charge in [-0.1, -0.05) is 29.5 Å². The van der Waals surface area contributed by atoms with E-state index in [1.807, 2.05) is 11.4 Å². The molecule has 0 saturated carbocycles. The molecule has 1 saturated heterocycles. The summed E-state index contributed by atoms with van der Waals surface area (Å²) >= 11 is 3.11. The van der Waals surface area contributed by atoms with Gasteiger partial charge in [-0.25, -0.2) is 0 Å². The fourth-order valence-corrected chi connectivity index (χ4v) is 5.31. The monoisotopic (exact) mass is 432 g/mol. The van der Waals surface area contributed by atoms with Crippen LogP contribution in [0.1, 0.15) is 44.9 Å². The fourth-order valence-electron chi connectivity index (χ4n) is 3.82. The van der Waals surface area contributed by atoms with Crippen LogP contribution in [0.15, 0.2) is 34.3 Å². The minimum atomic E-state index is 0.0516. The second-order valence-corrected chi connectivity index (χ2v) is 9.42. The summed E-state index contributed by atoms with van der Waals surface area (Å²) in [7, 11) is 0. The number of thioether (sulfide) groups is 1. The molecule has 1 N–H and O–H groups in total. The van der Waals surface area contributed by atoms with Gasteiger partial charge < -0.3 is 10.1 Å². The third-order valence-electron chi connectivity index (χ3n) is 5.35. The smallest absolute Gasteiger partial charge is 0.230 e. The van der Waals surface area contributed by atoms with Crippen LogP contribution in [-0.4, -0.2) is 45.7 Å². The Balaban J connectivity index is 1.33. The maximum atomic E-state index is 12.3. The number of ether oxygens (including phenoxy) is 1. The summed E-state index contributed by atoms with van der Waals surface area (Å²) in [6, 6.07) is 4.08. The summed E-state index contributed by atoms with van der Waals surface area (Å²) in [5.74, 6) is 1.27. The number of rotatable bonds is 9. The highest BCUT2D eigenvalue weighted by Gasteiger charge is 2.22. The molecule has 6 nitrogen and oxygen atoms in total. The van der Waals surface area contributed by atoms with Gasteiger partial charge in [0.2, 0.25) is 5.91 Å². The van der Waals surface area contributed by atoms with Crippen molar-refractivity contribution in [3.63, 3.8) is 0 Å². The molecular weight excluding hydrogens is 404 g/mol. The number of nitrogens with zero attached hydrogens (tertiary/aromatic N) is 3. The van der Waals surface area contributed by atoms with Crippen molar-refractivity contribution in [1.29, 1.82) is 0 Å². The summed E-state index contributed by atoms with van der Waals surface area (Å²) in [6.07, 6.45) is 10.6. The number of hydrogen-bond donors (Lipinski definition) is 1. The Bertz CT molecular complexity index is 826. The molecule has 0 aromatic carbocycles. The molecule has 1 fully saturated rings. The molecule has 1 aliphatic carbocycles. The van der Waals surface area contributed by atoms with Crippen molar-refractivity contribution in [2.24, 2.45) is 0 Å². The second kappa shape index (κ2) is 10.4. The first-order chi connectivity index (χ1) is 14.3. The number of thiophene rings is 1. The van der Waals surface area contributed by atoms with E-state index in [0.29, 0.717) is 12.3 Å². The van der Waals surface area contributed by atoms with Crippen LogP contribution in [0.4, 0.5) is 0 Å². The minimum Gasteiger partial charge on any atom is -0.376 e. The lowest BCUT2D eigenvalue weighted by Gasteiger charge is -2.14. The molecule has 156 valence electrons. The van der Waals surface area contributed by atoms with Crippen LogP contribution >= 0.6 is 23.1 Å². The Hall–Kier alpha value is -1.64. The van der Waals surface area contributed by atoms with Gasteiger partial charge in [0.1, 0.15) is 0 Å². The first kappa shape index (κ1) is 20.6. The van der Waals surface area contributed by atoms with Gasteiger partial charge in [0.25, 0.3) is 0 Å². The van der Waals surface area contributed by atoms with Crippen molar-refractivity contribution in [3.8, 4) is 10.7 Å². The van der Waals surface area contributed by atoms with Crippen molar-refractivity contribution >= 4 is 29.0 Å². The van der Waals surface area contributed by atoms with E-state index < -0.39 is 0 Å². The predicted octanol–water partition coefficient (Wildman–Crippen LogP) is 4.28. The third kappa shape index (κ3) is 5.71. The molecule has 0 radical (unpaired) electrons. The van der Waals surface area contributed by atoms with E-state index >= 15 is 0 Å². The molecule has 1 unspecified atom stereocenters. The van der Waals surface area contributed by atoms with E-state index in [2.05, 4.69) is 32.2 Å². The topological polar surface area (TPSA) is 69.0 Å². The normalized spacial score (nSPS) is 19.3. The van der Waals surface area contributed by atoms with E-state index in [-0.39, 0.29) is 12.0 Å². The van der Waals surface area contributed by atoms with Crippen LogP contribution in [0.25, 0.3) is 10.7 Å². The lowest BCUT2D eigenvalue weighted by atomic mass is 9.97. The standard InChI is InChI=1S/C21H28N4O2S2/c26-19(22-11-10-16-6-2-1-3-7-16)15-29-21-24-23-20(18-9-5-13-28-18)25(21)14-17-8-4-12-27-17/h5-6,9,13,17H,1-4,7-8,10-12,14-15H2,(H,22,26). The van der Waals surface area contributed by atoms with Gasteiger partial charge in [0, 0.05) is 13.2 Å². The number of carbonyl (C=O) groups is 1. The molecule has 1 amide bonds. The zero-order valence-corrected chi connectivity index (χ0v) is 18.3. The van der Waals surface area contributed by atoms with Gasteiger partial charge in [-0.05, 0) is 56.4 Å². The van der Waals surface area contributed by atoms with Crippen molar-refractivity contribution in [3.05, 3.63) is 29.2 Å². The highest BCUT2D eigenvalue weighted by Crippen LogP contribution is 2.29. The van der Waals surface area contributed by atoms with E-state index in [4.69, 9.17) is 4.74 Å². The van der Waals surface area contributed by atoms with Gasteiger partial charge in [0.05, 0.1) is 23.3 Å². The molecule has 2 aromatic rings. The van der Waals surface area contributed by atoms with Gasteiger partial charge in [-0.2, -0.15) is 0 Å². The van der Waals surface area contributed by atoms with Crippen LogP contribution in [0.2, 0.25) is 0 Å². The Morgan fingerprint density at radius 3 is 3.07 bits per heavy atom. The molecule has 1 aliphatic heterocycles. The predicted molar refractivity (Wildman–Crippen MR) is 117 cm³/mol. The molecule has 0 bridgehead atoms. The highest BCUT2D eigenvalue weighted by molar-refractivity contribution is 7.99. The second-order valence-electron chi connectivity index (χ2n) is 7.53. The minimum absolute atomic E-state index is 0.0516. The Morgan fingerprint density at radius 1 is 1.34 bits per heavy atom. The maximum absolute atomic E-state index is 12.3. The van der Waals surface area contributed by atoms with Crippen LogP contribution < -0.4 is 5.32 Å². The number of nitrogens with one attached hydrogen (secondary N) is 1. The molecule has 4 rings (SSSR count). The van der Waals surface area contributed by atoms with E-state index in [0.717, 1.165) is 48.3 Å². The third-order valence-corrected chi connectivity index (χ3v) is 7.19. The molecule has 2 aliphatic rings. The summed E-state index contributed by atoms with van der Waals surface area (Å²) in [5.41, 5.74) is 1.49. The Morgan fingerprint density at radius 2 is 2.31 bits per heavy atom. The number of allylic oxidation sites excluding steroid dienone is 1. The molecule has 8 heteroatoms. The summed E-state index contributed by atoms with van der Waals surface area (Å²) < 4.78 is 7.94. The van der Waals surface area contributed by atoms with Crippen molar-refractivity contribution in [1.82, 2.24) is 20.1 Å². The number of carbonyl (C=O) groups excluding carboxylic acids is 1. The van der Waals surface area contributed by atoms with E-state index in [1.165, 1.54) is 43.0 Å². The highest BCUT2D eigenvalue weighted by atomic mass is 32.2. The average molecular weight is 433 g/mol. The van der Waals surface area contributed by atoms with Crippen molar-refractivity contribution in [2.75, 3.05) is 18.9 Å².